The summed E-state index contributed by atoms with van der Waals surface area (Å²) in [5.74, 6) is 0.539. The second kappa shape index (κ2) is 8.51. The van der Waals surface area contributed by atoms with Crippen molar-refractivity contribution in [2.24, 2.45) is 0 Å². The quantitative estimate of drug-likeness (QED) is 0.699. The van der Waals surface area contributed by atoms with E-state index in [1.807, 2.05) is 17.0 Å². The van der Waals surface area contributed by atoms with Crippen molar-refractivity contribution in [3.63, 3.8) is 0 Å². The maximum atomic E-state index is 12.3. The highest BCUT2D eigenvalue weighted by Crippen LogP contribution is 2.13. The van der Waals surface area contributed by atoms with Gasteiger partial charge >= 0.3 is 0 Å². The monoisotopic (exact) mass is 392 g/mol. The molecule has 29 heavy (non-hydrogen) atoms. The zero-order valence-corrected chi connectivity index (χ0v) is 15.7. The molecule has 0 atom stereocenters. The number of hydrogen-bond acceptors (Lipinski definition) is 7. The fourth-order valence-corrected chi connectivity index (χ4v) is 3.05. The molecule has 0 bridgehead atoms. The highest BCUT2D eigenvalue weighted by atomic mass is 16.3. The van der Waals surface area contributed by atoms with Crippen molar-refractivity contribution in [3.8, 4) is 0 Å². The number of carbonyl (C=O) groups is 2. The van der Waals surface area contributed by atoms with E-state index in [1.165, 1.54) is 18.7 Å². The summed E-state index contributed by atoms with van der Waals surface area (Å²) in [7, 11) is 0. The first-order valence-electron chi connectivity index (χ1n) is 9.27. The number of nitrogens with zero attached hydrogens (tertiary/aromatic N) is 5. The van der Waals surface area contributed by atoms with Gasteiger partial charge < -0.3 is 19.5 Å². The lowest BCUT2D eigenvalue weighted by Crippen LogP contribution is -2.49. The van der Waals surface area contributed by atoms with Crippen LogP contribution in [0.1, 0.15) is 26.5 Å². The van der Waals surface area contributed by atoms with Crippen LogP contribution in [0.15, 0.2) is 59.7 Å². The van der Waals surface area contributed by atoms with Gasteiger partial charge in [0.1, 0.15) is 0 Å². The number of nitrogens with one attached hydrogen (secondary N) is 1. The number of anilines is 1. The van der Waals surface area contributed by atoms with Crippen LogP contribution in [0.3, 0.4) is 0 Å². The molecule has 1 aliphatic rings. The zero-order valence-electron chi connectivity index (χ0n) is 15.7. The Kier molecular flexibility index (Phi) is 5.46. The molecule has 0 radical (unpaired) electrons. The number of carbonyl (C=O) groups excluding carboxylic acids is 2. The maximum absolute atomic E-state index is 12.3. The molecule has 1 fully saturated rings. The van der Waals surface area contributed by atoms with E-state index in [0.717, 1.165) is 5.56 Å². The second-order valence-corrected chi connectivity index (χ2v) is 6.57. The van der Waals surface area contributed by atoms with Crippen LogP contribution >= 0.6 is 0 Å². The van der Waals surface area contributed by atoms with Gasteiger partial charge in [0.05, 0.1) is 11.8 Å². The Balaban J connectivity index is 1.30. The minimum Gasteiger partial charge on any atom is -0.459 e. The zero-order chi connectivity index (χ0) is 20.1. The third-order valence-corrected chi connectivity index (χ3v) is 4.68. The molecule has 0 spiro atoms. The number of hydrogen-bond donors (Lipinski definition) is 1. The Morgan fingerprint density at radius 1 is 1.03 bits per heavy atom. The standard InChI is InChI=1S/C20H20N6O3/c27-18(22-12-15-3-5-21-6-4-15)16-13-23-20(24-14-16)26-9-7-25(8-10-26)19(28)17-2-1-11-29-17/h1-6,11,13-14H,7-10,12H2,(H,22,27). The molecule has 0 aliphatic carbocycles. The summed E-state index contributed by atoms with van der Waals surface area (Å²) in [5.41, 5.74) is 1.36. The molecule has 0 aromatic carbocycles. The minimum atomic E-state index is -0.234. The summed E-state index contributed by atoms with van der Waals surface area (Å²) in [6.45, 7) is 2.74. The predicted octanol–water partition coefficient (Wildman–Crippen LogP) is 1.36. The molecule has 1 aliphatic heterocycles. The minimum absolute atomic E-state index is 0.114. The van der Waals surface area contributed by atoms with Crippen LogP contribution in [0.5, 0.6) is 0 Å². The lowest BCUT2D eigenvalue weighted by atomic mass is 10.2. The van der Waals surface area contributed by atoms with Gasteiger partial charge in [-0.3, -0.25) is 14.6 Å². The first kappa shape index (κ1) is 18.6. The number of piperazine rings is 1. The summed E-state index contributed by atoms with van der Waals surface area (Å²) < 4.78 is 5.17. The number of rotatable bonds is 5. The van der Waals surface area contributed by atoms with Gasteiger partial charge in [-0.05, 0) is 29.8 Å². The third kappa shape index (κ3) is 4.40. The normalized spacial score (nSPS) is 13.9. The van der Waals surface area contributed by atoms with Gasteiger partial charge in [-0.1, -0.05) is 0 Å². The summed E-state index contributed by atoms with van der Waals surface area (Å²) in [4.78, 5) is 40.9. The molecule has 9 heteroatoms. The second-order valence-electron chi connectivity index (χ2n) is 6.57. The van der Waals surface area contributed by atoms with E-state index in [0.29, 0.717) is 50.0 Å². The largest absolute Gasteiger partial charge is 0.459 e. The fraction of sp³-hybridized carbons (Fsp3) is 0.250. The highest BCUT2D eigenvalue weighted by molar-refractivity contribution is 5.93. The van der Waals surface area contributed by atoms with Crippen molar-refractivity contribution in [2.45, 2.75) is 6.54 Å². The first-order valence-corrected chi connectivity index (χ1v) is 9.27. The number of aromatic nitrogens is 3. The third-order valence-electron chi connectivity index (χ3n) is 4.68. The molecule has 1 N–H and O–H groups in total. The molecule has 4 heterocycles. The predicted molar refractivity (Wildman–Crippen MR) is 104 cm³/mol. The molecule has 4 rings (SSSR count). The van der Waals surface area contributed by atoms with Crippen molar-refractivity contribution in [1.29, 1.82) is 0 Å². The molecule has 2 amide bonds. The van der Waals surface area contributed by atoms with Crippen LogP contribution in [-0.2, 0) is 6.54 Å². The van der Waals surface area contributed by atoms with Crippen molar-refractivity contribution >= 4 is 17.8 Å². The van der Waals surface area contributed by atoms with Crippen LogP contribution in [0.25, 0.3) is 0 Å². The van der Waals surface area contributed by atoms with Crippen molar-refractivity contribution in [3.05, 3.63) is 72.2 Å². The average Bonchev–Trinajstić information content (AvgIpc) is 3.33. The maximum Gasteiger partial charge on any atom is 0.289 e. The smallest absolute Gasteiger partial charge is 0.289 e. The Morgan fingerprint density at radius 2 is 1.76 bits per heavy atom. The number of amides is 2. The van der Waals surface area contributed by atoms with E-state index in [2.05, 4.69) is 20.3 Å². The van der Waals surface area contributed by atoms with Crippen LogP contribution in [0.2, 0.25) is 0 Å². The van der Waals surface area contributed by atoms with Gasteiger partial charge in [0.2, 0.25) is 5.95 Å². The molecule has 3 aromatic rings. The van der Waals surface area contributed by atoms with Gasteiger partial charge in [0.25, 0.3) is 11.8 Å². The van der Waals surface area contributed by atoms with Crippen LogP contribution < -0.4 is 10.2 Å². The highest BCUT2D eigenvalue weighted by Gasteiger charge is 2.24. The number of furan rings is 1. The summed E-state index contributed by atoms with van der Waals surface area (Å²) >= 11 is 0. The van der Waals surface area contributed by atoms with Crippen molar-refractivity contribution < 1.29 is 14.0 Å². The van der Waals surface area contributed by atoms with Crippen LogP contribution in [0.4, 0.5) is 5.95 Å². The molecule has 148 valence electrons. The van der Waals surface area contributed by atoms with E-state index < -0.39 is 0 Å². The van der Waals surface area contributed by atoms with E-state index in [9.17, 15) is 9.59 Å². The summed E-state index contributed by atoms with van der Waals surface area (Å²) in [5, 5.41) is 2.83. The Labute approximate surface area is 167 Å². The topological polar surface area (TPSA) is 104 Å². The summed E-state index contributed by atoms with van der Waals surface area (Å²) in [6, 6.07) is 7.05. The lowest BCUT2D eigenvalue weighted by Gasteiger charge is -2.34. The molecule has 9 nitrogen and oxygen atoms in total. The SMILES string of the molecule is O=C(NCc1ccncc1)c1cnc(N2CCN(C(=O)c3ccco3)CC2)nc1. The number of pyridine rings is 1. The van der Waals surface area contributed by atoms with Gasteiger partial charge in [-0.25, -0.2) is 9.97 Å². The van der Waals surface area contributed by atoms with Gasteiger partial charge in [-0.2, -0.15) is 0 Å². The van der Waals surface area contributed by atoms with Crippen LogP contribution in [0, 0.1) is 0 Å². The Hall–Kier alpha value is -3.75. The fourth-order valence-electron chi connectivity index (χ4n) is 3.05. The Morgan fingerprint density at radius 3 is 2.41 bits per heavy atom. The first-order chi connectivity index (χ1) is 14.2. The molecule has 1 saturated heterocycles. The lowest BCUT2D eigenvalue weighted by molar-refractivity contribution is 0.0714. The average molecular weight is 392 g/mol. The molecule has 3 aromatic heterocycles. The van der Waals surface area contributed by atoms with Crippen molar-refractivity contribution in [2.75, 3.05) is 31.1 Å². The van der Waals surface area contributed by atoms with Gasteiger partial charge in [0.15, 0.2) is 5.76 Å². The molecular weight excluding hydrogens is 372 g/mol. The molecule has 0 saturated carbocycles. The van der Waals surface area contributed by atoms with Crippen LogP contribution in [-0.4, -0.2) is 57.8 Å². The summed E-state index contributed by atoms with van der Waals surface area (Å²) in [6.07, 6.45) is 7.89. The molecular formula is C20H20N6O3. The van der Waals surface area contributed by atoms with Gasteiger partial charge in [0, 0.05) is 57.5 Å². The van der Waals surface area contributed by atoms with Crippen molar-refractivity contribution in [1.82, 2.24) is 25.2 Å². The Bertz CT molecular complexity index is 952. The van der Waals surface area contributed by atoms with E-state index >= 15 is 0 Å². The van der Waals surface area contributed by atoms with E-state index in [4.69, 9.17) is 4.42 Å². The van der Waals surface area contributed by atoms with Gasteiger partial charge in [-0.15, -0.1) is 0 Å². The van der Waals surface area contributed by atoms with E-state index in [-0.39, 0.29) is 11.8 Å². The van der Waals surface area contributed by atoms with E-state index in [1.54, 1.807) is 29.4 Å². The molecule has 0 unspecified atom stereocenters.